The Balaban J connectivity index is 3.14. The first-order valence-electron chi connectivity index (χ1n) is 3.09. The topological polar surface area (TPSA) is 78.7 Å². The fraction of sp³-hybridized carbons (Fsp3) is 0.800. The number of esters is 1. The zero-order valence-corrected chi connectivity index (χ0v) is 6.11. The van der Waals surface area contributed by atoms with Gasteiger partial charge in [0.25, 0.3) is 5.09 Å². The van der Waals surface area contributed by atoms with E-state index in [2.05, 4.69) is 9.57 Å². The van der Waals surface area contributed by atoms with Crippen LogP contribution < -0.4 is 0 Å². The molecule has 0 aliphatic rings. The van der Waals surface area contributed by atoms with Crippen molar-refractivity contribution >= 4 is 5.97 Å². The Labute approximate surface area is 63.2 Å². The summed E-state index contributed by atoms with van der Waals surface area (Å²) >= 11 is 0. The molecule has 0 spiro atoms. The molecule has 0 unspecified atom stereocenters. The van der Waals surface area contributed by atoms with Crippen molar-refractivity contribution in [3.8, 4) is 0 Å². The van der Waals surface area contributed by atoms with Crippen molar-refractivity contribution in [1.82, 2.24) is 0 Å². The van der Waals surface area contributed by atoms with E-state index in [1.54, 1.807) is 6.92 Å². The van der Waals surface area contributed by atoms with Gasteiger partial charge in [-0.2, -0.15) is 0 Å². The van der Waals surface area contributed by atoms with Gasteiger partial charge in [-0.1, -0.05) is 6.92 Å². The molecular weight excluding hydrogens is 154 g/mol. The predicted octanol–water partition coefficient (Wildman–Crippen LogP) is 0.148. The molecule has 0 saturated heterocycles. The predicted molar refractivity (Wildman–Crippen MR) is 34.2 cm³/mol. The number of rotatable bonds is 5. The van der Waals surface area contributed by atoms with Crippen LogP contribution in [0.4, 0.5) is 0 Å². The van der Waals surface area contributed by atoms with E-state index in [1.807, 2.05) is 0 Å². The van der Waals surface area contributed by atoms with Crippen molar-refractivity contribution in [2.75, 3.05) is 13.2 Å². The van der Waals surface area contributed by atoms with Gasteiger partial charge >= 0.3 is 5.97 Å². The molecule has 0 atom stereocenters. The molecule has 0 fully saturated rings. The van der Waals surface area contributed by atoms with E-state index in [0.29, 0.717) is 0 Å². The Kier molecular flexibility index (Phi) is 4.80. The maximum absolute atomic E-state index is 10.4. The van der Waals surface area contributed by atoms with Gasteiger partial charge in [-0.15, -0.1) is 10.1 Å². The molecule has 0 aromatic carbocycles. The summed E-state index contributed by atoms with van der Waals surface area (Å²) in [7, 11) is 0. The monoisotopic (exact) mass is 163 g/mol. The van der Waals surface area contributed by atoms with Gasteiger partial charge in [-0.25, -0.2) is 0 Å². The lowest BCUT2D eigenvalue weighted by atomic mass is 10.5. The van der Waals surface area contributed by atoms with Gasteiger partial charge in [0.2, 0.25) is 0 Å². The van der Waals surface area contributed by atoms with Crippen molar-refractivity contribution < 1.29 is 19.5 Å². The van der Waals surface area contributed by atoms with Gasteiger partial charge in [0.15, 0.2) is 0 Å². The molecule has 6 heteroatoms. The number of ether oxygens (including phenoxy) is 1. The van der Waals surface area contributed by atoms with E-state index in [4.69, 9.17) is 0 Å². The second kappa shape index (κ2) is 5.45. The summed E-state index contributed by atoms with van der Waals surface area (Å²) in [5, 5.41) is 8.63. The number of nitrogens with zero attached hydrogens (tertiary/aromatic N) is 1. The molecule has 6 nitrogen and oxygen atoms in total. The summed E-state index contributed by atoms with van der Waals surface area (Å²) in [6, 6.07) is 0. The Morgan fingerprint density at radius 1 is 1.55 bits per heavy atom. The molecule has 0 amide bonds. The van der Waals surface area contributed by atoms with Gasteiger partial charge in [0, 0.05) is 6.42 Å². The second-order valence-corrected chi connectivity index (χ2v) is 1.63. The van der Waals surface area contributed by atoms with Gasteiger partial charge in [0.1, 0.15) is 13.2 Å². The minimum atomic E-state index is -0.931. The number of carbonyl (C=O) groups excluding carboxylic acids is 1. The van der Waals surface area contributed by atoms with E-state index in [1.165, 1.54) is 0 Å². The lowest BCUT2D eigenvalue weighted by molar-refractivity contribution is -0.757. The van der Waals surface area contributed by atoms with Gasteiger partial charge in [0.05, 0.1) is 0 Å². The van der Waals surface area contributed by atoms with Crippen LogP contribution >= 0.6 is 0 Å². The molecule has 0 aromatic heterocycles. The fourth-order valence-electron chi connectivity index (χ4n) is 0.369. The number of carbonyl (C=O) groups is 1. The van der Waals surface area contributed by atoms with Gasteiger partial charge in [-0.05, 0) is 0 Å². The van der Waals surface area contributed by atoms with E-state index in [0.717, 1.165) is 0 Å². The quantitative estimate of drug-likeness (QED) is 0.249. The molecule has 0 N–H and O–H groups in total. The maximum Gasteiger partial charge on any atom is 0.305 e. The highest BCUT2D eigenvalue weighted by Crippen LogP contribution is 1.84. The van der Waals surface area contributed by atoms with Crippen LogP contribution in [-0.2, 0) is 14.4 Å². The van der Waals surface area contributed by atoms with Crippen LogP contribution in [0.15, 0.2) is 0 Å². The number of hydrogen-bond acceptors (Lipinski definition) is 5. The van der Waals surface area contributed by atoms with E-state index in [9.17, 15) is 14.9 Å². The fourth-order valence-corrected chi connectivity index (χ4v) is 0.369. The number of hydrogen-bond donors (Lipinski definition) is 0. The SMILES string of the molecule is CCC(=O)OCCO[N+](=O)[O-]. The van der Waals surface area contributed by atoms with Crippen molar-refractivity contribution in [1.29, 1.82) is 0 Å². The molecule has 0 aliphatic carbocycles. The summed E-state index contributed by atoms with van der Waals surface area (Å²) in [6.45, 7) is 1.35. The van der Waals surface area contributed by atoms with Crippen molar-refractivity contribution in [3.63, 3.8) is 0 Å². The summed E-state index contributed by atoms with van der Waals surface area (Å²) in [5.41, 5.74) is 0. The molecule has 0 rings (SSSR count). The molecule has 0 aliphatic heterocycles. The Hall–Kier alpha value is -1.33. The van der Waals surface area contributed by atoms with E-state index < -0.39 is 11.1 Å². The average molecular weight is 163 g/mol. The van der Waals surface area contributed by atoms with E-state index >= 15 is 0 Å². The third-order valence-corrected chi connectivity index (χ3v) is 0.832. The first-order chi connectivity index (χ1) is 5.16. The minimum absolute atomic E-state index is 0.0757. The van der Waals surface area contributed by atoms with Crippen LogP contribution in [0, 0.1) is 10.1 Å². The lowest BCUT2D eigenvalue weighted by Gasteiger charge is -2.00. The van der Waals surface area contributed by atoms with Crippen molar-refractivity contribution in [2.24, 2.45) is 0 Å². The Morgan fingerprint density at radius 3 is 2.64 bits per heavy atom. The summed E-state index contributed by atoms with van der Waals surface area (Å²) in [4.78, 5) is 23.8. The minimum Gasteiger partial charge on any atom is -0.464 e. The zero-order chi connectivity index (χ0) is 8.69. The summed E-state index contributed by atoms with van der Waals surface area (Å²) in [6.07, 6.45) is 0.262. The molecule has 0 bridgehead atoms. The molecule has 0 heterocycles. The van der Waals surface area contributed by atoms with Crippen LogP contribution in [0.5, 0.6) is 0 Å². The standard InChI is InChI=1S/C5H9NO5/c1-2-5(7)10-3-4-11-6(8)9/h2-4H2,1H3. The highest BCUT2D eigenvalue weighted by atomic mass is 17.0. The molecular formula is C5H9NO5. The molecule has 0 saturated carbocycles. The molecule has 64 valence electrons. The second-order valence-electron chi connectivity index (χ2n) is 1.63. The lowest BCUT2D eigenvalue weighted by Crippen LogP contribution is -2.11. The van der Waals surface area contributed by atoms with Crippen LogP contribution in [0.1, 0.15) is 13.3 Å². The first-order valence-corrected chi connectivity index (χ1v) is 3.09. The van der Waals surface area contributed by atoms with Gasteiger partial charge in [-0.3, -0.25) is 4.79 Å². The largest absolute Gasteiger partial charge is 0.464 e. The van der Waals surface area contributed by atoms with Crippen LogP contribution in [0.2, 0.25) is 0 Å². The smallest absolute Gasteiger partial charge is 0.305 e. The normalized spacial score (nSPS) is 8.82. The molecule has 0 aromatic rings. The van der Waals surface area contributed by atoms with Crippen LogP contribution in [-0.4, -0.2) is 24.3 Å². The van der Waals surface area contributed by atoms with Crippen LogP contribution in [0.3, 0.4) is 0 Å². The third-order valence-electron chi connectivity index (χ3n) is 0.832. The highest BCUT2D eigenvalue weighted by molar-refractivity contribution is 5.68. The average Bonchev–Trinajstić information content (AvgIpc) is 1.97. The molecule has 0 radical (unpaired) electrons. The maximum atomic E-state index is 10.4. The van der Waals surface area contributed by atoms with Gasteiger partial charge < -0.3 is 9.57 Å². The highest BCUT2D eigenvalue weighted by Gasteiger charge is 1.98. The third kappa shape index (κ3) is 6.56. The Bertz CT molecular complexity index is 146. The van der Waals surface area contributed by atoms with Crippen LogP contribution in [0.25, 0.3) is 0 Å². The molecule has 11 heavy (non-hydrogen) atoms. The summed E-state index contributed by atoms with van der Waals surface area (Å²) < 4.78 is 4.47. The Morgan fingerprint density at radius 2 is 2.18 bits per heavy atom. The zero-order valence-electron chi connectivity index (χ0n) is 6.11. The van der Waals surface area contributed by atoms with Crippen molar-refractivity contribution in [2.45, 2.75) is 13.3 Å². The van der Waals surface area contributed by atoms with Crippen molar-refractivity contribution in [3.05, 3.63) is 10.1 Å². The summed E-state index contributed by atoms with van der Waals surface area (Å²) in [5.74, 6) is -0.392. The first kappa shape index (κ1) is 9.67. The van der Waals surface area contributed by atoms with E-state index in [-0.39, 0.29) is 19.6 Å².